The van der Waals surface area contributed by atoms with Gasteiger partial charge in [-0.3, -0.25) is 9.59 Å². The Labute approximate surface area is 129 Å². The molecule has 0 saturated carbocycles. The first-order valence-electron chi connectivity index (χ1n) is 6.70. The van der Waals surface area contributed by atoms with Crippen LogP contribution in [0.4, 0.5) is 0 Å². The zero-order valence-corrected chi connectivity index (χ0v) is 13.1. The molecule has 1 rings (SSSR count). The minimum atomic E-state index is -3.23. The van der Waals surface area contributed by atoms with Gasteiger partial charge in [0, 0.05) is 19.2 Å². The van der Waals surface area contributed by atoms with E-state index in [1.807, 2.05) is 0 Å². The monoisotopic (exact) mass is 329 g/mol. The topological polar surface area (TPSA) is 110 Å². The summed E-state index contributed by atoms with van der Waals surface area (Å²) in [5.41, 5.74) is 0. The van der Waals surface area contributed by atoms with Crippen molar-refractivity contribution in [3.05, 3.63) is 24.3 Å². The van der Waals surface area contributed by atoms with Gasteiger partial charge in [0.15, 0.2) is 9.84 Å². The summed E-state index contributed by atoms with van der Waals surface area (Å²) in [7, 11) is -3.23. The molecular weight excluding hydrogens is 310 g/mol. The molecule has 0 fully saturated rings. The molecule has 122 valence electrons. The number of rotatable bonds is 9. The van der Waals surface area contributed by atoms with Crippen LogP contribution < -0.4 is 10.1 Å². The molecule has 1 amide bonds. The number of sulfone groups is 1. The highest BCUT2D eigenvalue weighted by Gasteiger charge is 2.07. The standard InChI is InChI=1S/C14H19NO6S/c1-22(19,20)12-6-4-11(5-7-12)21-10-8-13(16)15-9-2-3-14(17)18/h4-7H,2-3,8-10H2,1H3,(H,15,16)(H,17,18). The van der Waals surface area contributed by atoms with Crippen LogP contribution >= 0.6 is 0 Å². The Bertz CT molecular complexity index is 609. The number of carboxylic acid groups (broad SMARTS) is 1. The van der Waals surface area contributed by atoms with Crippen LogP contribution in [0.2, 0.25) is 0 Å². The SMILES string of the molecule is CS(=O)(=O)c1ccc(OCCC(=O)NCCCC(=O)O)cc1. The molecule has 0 aliphatic carbocycles. The number of aliphatic carboxylic acids is 1. The molecule has 7 nitrogen and oxygen atoms in total. The van der Waals surface area contributed by atoms with E-state index in [2.05, 4.69) is 5.32 Å². The van der Waals surface area contributed by atoms with Gasteiger partial charge in [0.1, 0.15) is 5.75 Å². The second kappa shape index (κ2) is 8.38. The molecule has 1 aromatic rings. The second-order valence-electron chi connectivity index (χ2n) is 4.69. The number of carboxylic acids is 1. The van der Waals surface area contributed by atoms with Crippen LogP contribution in [-0.2, 0) is 19.4 Å². The molecule has 0 bridgehead atoms. The minimum absolute atomic E-state index is 0.0173. The lowest BCUT2D eigenvalue weighted by Gasteiger charge is -2.07. The number of ether oxygens (including phenoxy) is 1. The van der Waals surface area contributed by atoms with Crippen molar-refractivity contribution in [3.63, 3.8) is 0 Å². The Balaban J connectivity index is 2.26. The van der Waals surface area contributed by atoms with Gasteiger partial charge in [0.2, 0.25) is 5.91 Å². The Kier molecular flexibility index (Phi) is 6.84. The summed E-state index contributed by atoms with van der Waals surface area (Å²) in [6.45, 7) is 0.469. The largest absolute Gasteiger partial charge is 0.493 e. The van der Waals surface area contributed by atoms with Crippen molar-refractivity contribution in [2.45, 2.75) is 24.2 Å². The van der Waals surface area contributed by atoms with E-state index < -0.39 is 15.8 Å². The van der Waals surface area contributed by atoms with Gasteiger partial charge in [-0.2, -0.15) is 0 Å². The highest BCUT2D eigenvalue weighted by Crippen LogP contribution is 2.15. The van der Waals surface area contributed by atoms with Crippen molar-refractivity contribution in [3.8, 4) is 5.75 Å². The summed E-state index contributed by atoms with van der Waals surface area (Å²) in [6, 6.07) is 5.94. The van der Waals surface area contributed by atoms with Gasteiger partial charge in [-0.25, -0.2) is 8.42 Å². The molecule has 0 unspecified atom stereocenters. The van der Waals surface area contributed by atoms with Crippen molar-refractivity contribution < 1.29 is 27.9 Å². The number of hydrogen-bond donors (Lipinski definition) is 2. The van der Waals surface area contributed by atoms with Gasteiger partial charge >= 0.3 is 5.97 Å². The number of hydrogen-bond acceptors (Lipinski definition) is 5. The average molecular weight is 329 g/mol. The lowest BCUT2D eigenvalue weighted by atomic mass is 10.3. The van der Waals surface area contributed by atoms with Crippen LogP contribution in [-0.4, -0.2) is 44.8 Å². The molecule has 8 heteroatoms. The molecule has 0 aromatic heterocycles. The summed E-state index contributed by atoms with van der Waals surface area (Å²) in [6.07, 6.45) is 1.66. The molecular formula is C14H19NO6S. The van der Waals surface area contributed by atoms with E-state index in [0.717, 1.165) is 6.26 Å². The third kappa shape index (κ3) is 7.07. The number of benzene rings is 1. The van der Waals surface area contributed by atoms with Crippen LogP contribution in [0.5, 0.6) is 5.75 Å². The Morgan fingerprint density at radius 1 is 1.18 bits per heavy atom. The minimum Gasteiger partial charge on any atom is -0.493 e. The van der Waals surface area contributed by atoms with Crippen LogP contribution in [0, 0.1) is 0 Å². The number of carbonyl (C=O) groups is 2. The predicted octanol–water partition coefficient (Wildman–Crippen LogP) is 0.840. The first-order valence-corrected chi connectivity index (χ1v) is 8.59. The summed E-state index contributed by atoms with van der Waals surface area (Å²) < 4.78 is 27.9. The molecule has 0 heterocycles. The summed E-state index contributed by atoms with van der Waals surface area (Å²) in [5, 5.41) is 11.0. The van der Waals surface area contributed by atoms with Gasteiger partial charge in [-0.1, -0.05) is 0 Å². The van der Waals surface area contributed by atoms with E-state index >= 15 is 0 Å². The lowest BCUT2D eigenvalue weighted by molar-refractivity contribution is -0.137. The zero-order chi connectivity index (χ0) is 16.6. The molecule has 22 heavy (non-hydrogen) atoms. The van der Waals surface area contributed by atoms with Crippen molar-refractivity contribution in [2.24, 2.45) is 0 Å². The second-order valence-corrected chi connectivity index (χ2v) is 6.71. The predicted molar refractivity (Wildman–Crippen MR) is 79.5 cm³/mol. The van der Waals surface area contributed by atoms with Gasteiger partial charge in [-0.15, -0.1) is 0 Å². The van der Waals surface area contributed by atoms with Crippen LogP contribution in [0.25, 0.3) is 0 Å². The number of carbonyl (C=O) groups excluding carboxylic acids is 1. The molecule has 0 atom stereocenters. The van der Waals surface area contributed by atoms with Gasteiger partial charge in [-0.05, 0) is 30.7 Å². The maximum Gasteiger partial charge on any atom is 0.303 e. The molecule has 0 aliphatic rings. The third-order valence-electron chi connectivity index (χ3n) is 2.74. The Hall–Kier alpha value is -2.09. The zero-order valence-electron chi connectivity index (χ0n) is 12.2. The third-order valence-corrected chi connectivity index (χ3v) is 3.87. The fraction of sp³-hybridized carbons (Fsp3) is 0.429. The van der Waals surface area contributed by atoms with E-state index in [1.165, 1.54) is 24.3 Å². The normalized spacial score (nSPS) is 11.0. The average Bonchev–Trinajstić information content (AvgIpc) is 2.43. The van der Waals surface area contributed by atoms with Gasteiger partial charge in [0.25, 0.3) is 0 Å². The summed E-state index contributed by atoms with van der Waals surface area (Å²) >= 11 is 0. The molecule has 0 spiro atoms. The van der Waals surface area contributed by atoms with Crippen LogP contribution in [0.1, 0.15) is 19.3 Å². The van der Waals surface area contributed by atoms with Crippen LogP contribution in [0.15, 0.2) is 29.2 Å². The fourth-order valence-corrected chi connectivity index (χ4v) is 2.23. The molecule has 0 aliphatic heterocycles. The first kappa shape index (κ1) is 18.0. The molecule has 0 radical (unpaired) electrons. The quantitative estimate of drug-likeness (QED) is 0.650. The molecule has 0 saturated heterocycles. The molecule has 1 aromatic carbocycles. The molecule has 2 N–H and O–H groups in total. The maximum absolute atomic E-state index is 11.4. The van der Waals surface area contributed by atoms with E-state index in [4.69, 9.17) is 9.84 Å². The Morgan fingerprint density at radius 2 is 1.82 bits per heavy atom. The van der Waals surface area contributed by atoms with Gasteiger partial charge in [0.05, 0.1) is 17.9 Å². The van der Waals surface area contributed by atoms with Crippen molar-refractivity contribution in [1.82, 2.24) is 5.32 Å². The van der Waals surface area contributed by atoms with E-state index in [1.54, 1.807) is 0 Å². The van der Waals surface area contributed by atoms with Crippen LogP contribution in [0.3, 0.4) is 0 Å². The lowest BCUT2D eigenvalue weighted by Crippen LogP contribution is -2.26. The van der Waals surface area contributed by atoms with E-state index in [0.29, 0.717) is 18.7 Å². The van der Waals surface area contributed by atoms with Crippen molar-refractivity contribution >= 4 is 21.7 Å². The fourth-order valence-electron chi connectivity index (χ4n) is 1.60. The number of amides is 1. The van der Waals surface area contributed by atoms with E-state index in [9.17, 15) is 18.0 Å². The number of nitrogens with one attached hydrogen (secondary N) is 1. The first-order chi connectivity index (χ1) is 10.3. The maximum atomic E-state index is 11.4. The highest BCUT2D eigenvalue weighted by molar-refractivity contribution is 7.90. The van der Waals surface area contributed by atoms with Gasteiger partial charge < -0.3 is 15.2 Å². The highest BCUT2D eigenvalue weighted by atomic mass is 32.2. The van der Waals surface area contributed by atoms with E-state index in [-0.39, 0.29) is 30.3 Å². The van der Waals surface area contributed by atoms with Crippen molar-refractivity contribution in [1.29, 1.82) is 0 Å². The summed E-state index contributed by atoms with van der Waals surface area (Å²) in [5.74, 6) is -0.639. The van der Waals surface area contributed by atoms with Crippen molar-refractivity contribution in [2.75, 3.05) is 19.4 Å². The smallest absolute Gasteiger partial charge is 0.303 e. The Morgan fingerprint density at radius 3 is 2.36 bits per heavy atom. The summed E-state index contributed by atoms with van der Waals surface area (Å²) in [4.78, 5) is 21.9.